The van der Waals surface area contributed by atoms with Crippen molar-refractivity contribution in [1.82, 2.24) is 10.3 Å². The molecule has 1 aliphatic heterocycles. The van der Waals surface area contributed by atoms with Crippen molar-refractivity contribution in [3.05, 3.63) is 29.6 Å². The summed E-state index contributed by atoms with van der Waals surface area (Å²) >= 11 is 0. The van der Waals surface area contributed by atoms with Gasteiger partial charge in [0.25, 0.3) is 0 Å². The minimum Gasteiger partial charge on any atom is -0.317 e. The minimum absolute atomic E-state index is 0.683. The number of nitrogens with zero attached hydrogens (tertiary/aromatic N) is 1. The van der Waals surface area contributed by atoms with E-state index in [0.29, 0.717) is 5.92 Å². The molecule has 2 heteroatoms. The number of hydrogen-bond acceptors (Lipinski definition) is 2. The van der Waals surface area contributed by atoms with E-state index in [1.54, 1.807) is 0 Å². The van der Waals surface area contributed by atoms with Crippen LogP contribution in [0.3, 0.4) is 0 Å². The quantitative estimate of drug-likeness (QED) is 0.772. The Kier molecular flexibility index (Phi) is 3.14. The topological polar surface area (TPSA) is 24.9 Å². The van der Waals surface area contributed by atoms with Crippen LogP contribution in [0.5, 0.6) is 0 Å². The normalized spacial score (nSPS) is 18.4. The van der Waals surface area contributed by atoms with Crippen molar-refractivity contribution in [2.45, 2.75) is 32.1 Å². The third kappa shape index (κ3) is 2.13. The Morgan fingerprint density at radius 2 is 2.14 bits per heavy atom. The average molecular weight is 190 g/mol. The van der Waals surface area contributed by atoms with Crippen LogP contribution in [0.15, 0.2) is 18.3 Å². The highest BCUT2D eigenvalue weighted by Crippen LogP contribution is 2.23. The van der Waals surface area contributed by atoms with Gasteiger partial charge in [-0.05, 0) is 44.0 Å². The lowest BCUT2D eigenvalue weighted by Crippen LogP contribution is -2.27. The molecule has 0 spiro atoms. The van der Waals surface area contributed by atoms with Crippen LogP contribution >= 0.6 is 0 Å². The van der Waals surface area contributed by atoms with E-state index in [9.17, 15) is 0 Å². The van der Waals surface area contributed by atoms with Crippen molar-refractivity contribution < 1.29 is 0 Å². The van der Waals surface area contributed by atoms with E-state index in [-0.39, 0.29) is 0 Å². The summed E-state index contributed by atoms with van der Waals surface area (Å²) in [4.78, 5) is 4.55. The summed E-state index contributed by atoms with van der Waals surface area (Å²) in [6.07, 6.45) is 5.58. The Balaban J connectivity index is 2.07. The molecule has 1 fully saturated rings. The van der Waals surface area contributed by atoms with Crippen LogP contribution in [0.1, 0.15) is 36.9 Å². The van der Waals surface area contributed by atoms with Gasteiger partial charge >= 0.3 is 0 Å². The standard InChI is InChI=1S/C12H18N2/c1-2-10-3-4-12(14-9-10)11-5-7-13-8-6-11/h3-4,9,11,13H,2,5-8H2,1H3. The fourth-order valence-corrected chi connectivity index (χ4v) is 2.00. The Hall–Kier alpha value is -0.890. The van der Waals surface area contributed by atoms with Gasteiger partial charge in [0, 0.05) is 17.8 Å². The molecule has 1 N–H and O–H groups in total. The number of piperidine rings is 1. The number of aromatic nitrogens is 1. The monoisotopic (exact) mass is 190 g/mol. The molecule has 14 heavy (non-hydrogen) atoms. The molecule has 2 rings (SSSR count). The summed E-state index contributed by atoms with van der Waals surface area (Å²) in [6.45, 7) is 4.45. The molecule has 0 atom stereocenters. The van der Waals surface area contributed by atoms with Gasteiger partial charge in [0.2, 0.25) is 0 Å². The third-order valence-electron chi connectivity index (χ3n) is 3.01. The van der Waals surface area contributed by atoms with Crippen LogP contribution in [0, 0.1) is 0 Å². The number of aryl methyl sites for hydroxylation is 1. The van der Waals surface area contributed by atoms with E-state index in [2.05, 4.69) is 29.4 Å². The highest BCUT2D eigenvalue weighted by molar-refractivity contribution is 5.17. The van der Waals surface area contributed by atoms with Gasteiger partial charge in [-0.25, -0.2) is 0 Å². The zero-order valence-electron chi connectivity index (χ0n) is 8.79. The highest BCUT2D eigenvalue weighted by atomic mass is 14.9. The van der Waals surface area contributed by atoms with E-state index in [1.807, 2.05) is 6.20 Å². The smallest absolute Gasteiger partial charge is 0.0435 e. The molecule has 0 aromatic carbocycles. The molecule has 76 valence electrons. The zero-order valence-corrected chi connectivity index (χ0v) is 8.79. The van der Waals surface area contributed by atoms with Gasteiger partial charge in [-0.3, -0.25) is 4.98 Å². The zero-order chi connectivity index (χ0) is 9.80. The second kappa shape index (κ2) is 4.56. The van der Waals surface area contributed by atoms with Gasteiger partial charge in [-0.15, -0.1) is 0 Å². The van der Waals surface area contributed by atoms with Crippen molar-refractivity contribution in [3.63, 3.8) is 0 Å². The highest BCUT2D eigenvalue weighted by Gasteiger charge is 2.15. The number of hydrogen-bond donors (Lipinski definition) is 1. The van der Waals surface area contributed by atoms with Gasteiger partial charge in [0.1, 0.15) is 0 Å². The maximum Gasteiger partial charge on any atom is 0.0435 e. The summed E-state index contributed by atoms with van der Waals surface area (Å²) in [5.74, 6) is 0.683. The Morgan fingerprint density at radius 1 is 1.36 bits per heavy atom. The van der Waals surface area contributed by atoms with Crippen LogP contribution in [0.25, 0.3) is 0 Å². The molecule has 1 aromatic rings. The fraction of sp³-hybridized carbons (Fsp3) is 0.583. The van der Waals surface area contributed by atoms with Crippen LogP contribution in [-0.4, -0.2) is 18.1 Å². The first kappa shape index (κ1) is 9.66. The van der Waals surface area contributed by atoms with Gasteiger partial charge in [-0.1, -0.05) is 13.0 Å². The third-order valence-corrected chi connectivity index (χ3v) is 3.01. The van der Waals surface area contributed by atoms with Gasteiger partial charge in [-0.2, -0.15) is 0 Å². The molecule has 2 heterocycles. The summed E-state index contributed by atoms with van der Waals surface area (Å²) in [6, 6.07) is 4.42. The second-order valence-corrected chi connectivity index (χ2v) is 3.97. The van der Waals surface area contributed by atoms with E-state index < -0.39 is 0 Å². The van der Waals surface area contributed by atoms with Crippen molar-refractivity contribution in [2.24, 2.45) is 0 Å². The number of rotatable bonds is 2. The van der Waals surface area contributed by atoms with Crippen molar-refractivity contribution in [2.75, 3.05) is 13.1 Å². The Labute approximate surface area is 85.7 Å². The summed E-state index contributed by atoms with van der Waals surface area (Å²) in [5.41, 5.74) is 2.62. The molecule has 0 saturated carbocycles. The van der Waals surface area contributed by atoms with Crippen LogP contribution in [-0.2, 0) is 6.42 Å². The molecule has 2 nitrogen and oxygen atoms in total. The van der Waals surface area contributed by atoms with Crippen molar-refractivity contribution in [3.8, 4) is 0 Å². The lowest BCUT2D eigenvalue weighted by Gasteiger charge is -2.22. The number of pyridine rings is 1. The first-order valence-corrected chi connectivity index (χ1v) is 5.55. The number of nitrogens with one attached hydrogen (secondary N) is 1. The van der Waals surface area contributed by atoms with Crippen LogP contribution < -0.4 is 5.32 Å². The summed E-state index contributed by atoms with van der Waals surface area (Å²) in [5, 5.41) is 3.38. The Morgan fingerprint density at radius 3 is 2.71 bits per heavy atom. The molecular weight excluding hydrogens is 172 g/mol. The first-order valence-electron chi connectivity index (χ1n) is 5.55. The maximum absolute atomic E-state index is 4.55. The van der Waals surface area contributed by atoms with Crippen molar-refractivity contribution >= 4 is 0 Å². The molecule has 0 radical (unpaired) electrons. The molecule has 0 unspecified atom stereocenters. The molecular formula is C12H18N2. The van der Waals surface area contributed by atoms with Crippen LogP contribution in [0.2, 0.25) is 0 Å². The van der Waals surface area contributed by atoms with Gasteiger partial charge in [0.05, 0.1) is 0 Å². The fourth-order valence-electron chi connectivity index (χ4n) is 2.00. The van der Waals surface area contributed by atoms with Gasteiger partial charge in [0.15, 0.2) is 0 Å². The molecule has 0 amide bonds. The largest absolute Gasteiger partial charge is 0.317 e. The van der Waals surface area contributed by atoms with E-state index >= 15 is 0 Å². The Bertz CT molecular complexity index is 273. The first-order chi connectivity index (χ1) is 6.90. The lowest BCUT2D eigenvalue weighted by molar-refractivity contribution is 0.453. The molecule has 1 saturated heterocycles. The molecule has 0 bridgehead atoms. The van der Waals surface area contributed by atoms with E-state index in [4.69, 9.17) is 0 Å². The minimum atomic E-state index is 0.683. The van der Waals surface area contributed by atoms with Crippen LogP contribution in [0.4, 0.5) is 0 Å². The maximum atomic E-state index is 4.55. The average Bonchev–Trinajstić information content (AvgIpc) is 2.30. The van der Waals surface area contributed by atoms with E-state index in [0.717, 1.165) is 19.5 Å². The molecule has 1 aromatic heterocycles. The second-order valence-electron chi connectivity index (χ2n) is 3.97. The molecule has 1 aliphatic rings. The predicted molar refractivity (Wildman–Crippen MR) is 58.5 cm³/mol. The summed E-state index contributed by atoms with van der Waals surface area (Å²) in [7, 11) is 0. The van der Waals surface area contributed by atoms with Gasteiger partial charge < -0.3 is 5.32 Å². The summed E-state index contributed by atoms with van der Waals surface area (Å²) < 4.78 is 0. The molecule has 0 aliphatic carbocycles. The van der Waals surface area contributed by atoms with Crippen molar-refractivity contribution in [1.29, 1.82) is 0 Å². The predicted octanol–water partition coefficient (Wildman–Crippen LogP) is 2.11. The lowest BCUT2D eigenvalue weighted by atomic mass is 9.94. The van der Waals surface area contributed by atoms with E-state index in [1.165, 1.54) is 24.1 Å². The SMILES string of the molecule is CCc1ccc(C2CCNCC2)nc1.